The molecule has 3 heteroatoms. The summed E-state index contributed by atoms with van der Waals surface area (Å²) in [6, 6.07) is 8.69. The average Bonchev–Trinajstić information content (AvgIpc) is 2.56. The first kappa shape index (κ1) is 14.6. The van der Waals surface area contributed by atoms with Crippen LogP contribution >= 0.6 is 0 Å². The zero-order valence-corrected chi connectivity index (χ0v) is 13.0. The summed E-state index contributed by atoms with van der Waals surface area (Å²) in [6.45, 7) is 4.72. The lowest BCUT2D eigenvalue weighted by molar-refractivity contribution is 0.0655. The lowest BCUT2D eigenvalue weighted by atomic mass is 9.84. The second kappa shape index (κ2) is 6.61. The third kappa shape index (κ3) is 3.29. The number of rotatable bonds is 2. The maximum Gasteiger partial charge on any atom is 0.254 e. The van der Waals surface area contributed by atoms with Gasteiger partial charge in [0.05, 0.1) is 0 Å². The number of benzene rings is 1. The van der Waals surface area contributed by atoms with Crippen molar-refractivity contribution in [2.75, 3.05) is 19.6 Å². The summed E-state index contributed by atoms with van der Waals surface area (Å²) < 4.78 is 0. The van der Waals surface area contributed by atoms with Gasteiger partial charge >= 0.3 is 0 Å². The van der Waals surface area contributed by atoms with Crippen LogP contribution in [0, 0.1) is 0 Å². The van der Waals surface area contributed by atoms with Gasteiger partial charge in [-0.2, -0.15) is 0 Å². The molecule has 1 aromatic rings. The summed E-state index contributed by atoms with van der Waals surface area (Å²) in [6.07, 6.45) is 6.70. The molecule has 2 fully saturated rings. The summed E-state index contributed by atoms with van der Waals surface area (Å²) >= 11 is 0. The van der Waals surface area contributed by atoms with Crippen LogP contribution in [-0.2, 0) is 0 Å². The topological polar surface area (TPSA) is 32.3 Å². The molecule has 3 rings (SSSR count). The number of nitrogens with zero attached hydrogens (tertiary/aromatic N) is 1. The number of carbonyl (C=O) groups is 1. The van der Waals surface area contributed by atoms with Crippen LogP contribution in [-0.4, -0.2) is 36.5 Å². The van der Waals surface area contributed by atoms with E-state index in [-0.39, 0.29) is 11.9 Å². The smallest absolute Gasteiger partial charge is 0.254 e. The first-order valence-electron chi connectivity index (χ1n) is 8.37. The Labute approximate surface area is 127 Å². The van der Waals surface area contributed by atoms with E-state index in [2.05, 4.69) is 24.4 Å². The first-order valence-corrected chi connectivity index (χ1v) is 8.37. The summed E-state index contributed by atoms with van der Waals surface area (Å²) in [5.74, 6) is 0.889. The van der Waals surface area contributed by atoms with Crippen LogP contribution in [0.25, 0.3) is 0 Å². The molecule has 0 spiro atoms. The van der Waals surface area contributed by atoms with Gasteiger partial charge in [0, 0.05) is 31.2 Å². The average molecular weight is 286 g/mol. The van der Waals surface area contributed by atoms with Gasteiger partial charge in [-0.1, -0.05) is 31.4 Å². The zero-order valence-electron chi connectivity index (χ0n) is 13.0. The third-order valence-electron chi connectivity index (χ3n) is 5.00. The maximum atomic E-state index is 12.6. The van der Waals surface area contributed by atoms with Crippen molar-refractivity contribution in [1.29, 1.82) is 0 Å². The van der Waals surface area contributed by atoms with Crippen LogP contribution in [0.3, 0.4) is 0 Å². The van der Waals surface area contributed by atoms with Crippen LogP contribution in [0.1, 0.15) is 60.9 Å². The van der Waals surface area contributed by atoms with Crippen LogP contribution < -0.4 is 5.32 Å². The molecule has 1 aromatic carbocycles. The monoisotopic (exact) mass is 286 g/mol. The second-order valence-electron chi connectivity index (χ2n) is 6.51. The summed E-state index contributed by atoms with van der Waals surface area (Å²) in [5.41, 5.74) is 2.25. The first-order chi connectivity index (χ1) is 10.3. The molecule has 1 unspecified atom stereocenters. The molecule has 114 valence electrons. The van der Waals surface area contributed by atoms with E-state index >= 15 is 0 Å². The molecule has 1 N–H and O–H groups in total. The molecule has 0 bridgehead atoms. The Balaban J connectivity index is 1.69. The van der Waals surface area contributed by atoms with Gasteiger partial charge in [0.25, 0.3) is 5.91 Å². The second-order valence-corrected chi connectivity index (χ2v) is 6.51. The summed E-state index contributed by atoms with van der Waals surface area (Å²) in [4.78, 5) is 14.6. The molecule has 1 saturated heterocycles. The lowest BCUT2D eigenvalue weighted by Gasteiger charge is -2.34. The Morgan fingerprint density at radius 3 is 2.52 bits per heavy atom. The highest BCUT2D eigenvalue weighted by Gasteiger charge is 2.24. The van der Waals surface area contributed by atoms with Crippen molar-refractivity contribution in [3.63, 3.8) is 0 Å². The molecule has 1 aliphatic heterocycles. The lowest BCUT2D eigenvalue weighted by Crippen LogP contribution is -2.52. The molecule has 1 saturated carbocycles. The number of hydrogen-bond donors (Lipinski definition) is 1. The van der Waals surface area contributed by atoms with Crippen LogP contribution in [0.2, 0.25) is 0 Å². The van der Waals surface area contributed by atoms with Crippen LogP contribution in [0.15, 0.2) is 24.3 Å². The molecule has 21 heavy (non-hydrogen) atoms. The van der Waals surface area contributed by atoms with Crippen LogP contribution in [0.4, 0.5) is 0 Å². The molecule has 0 radical (unpaired) electrons. The van der Waals surface area contributed by atoms with Gasteiger partial charge in [0.2, 0.25) is 0 Å². The molecule has 0 aromatic heterocycles. The van der Waals surface area contributed by atoms with Crippen molar-refractivity contribution in [2.24, 2.45) is 0 Å². The minimum absolute atomic E-state index is 0.180. The van der Waals surface area contributed by atoms with Gasteiger partial charge in [0.15, 0.2) is 0 Å². The van der Waals surface area contributed by atoms with Crippen molar-refractivity contribution < 1.29 is 4.79 Å². The van der Waals surface area contributed by atoms with E-state index in [1.807, 2.05) is 17.0 Å². The highest BCUT2D eigenvalue weighted by Crippen LogP contribution is 2.32. The largest absolute Gasteiger partial charge is 0.333 e. The third-order valence-corrected chi connectivity index (χ3v) is 5.00. The fraction of sp³-hybridized carbons (Fsp3) is 0.611. The number of piperazine rings is 1. The molecule has 1 amide bonds. The Kier molecular flexibility index (Phi) is 4.59. The van der Waals surface area contributed by atoms with Gasteiger partial charge in [-0.05, 0) is 43.4 Å². The minimum Gasteiger partial charge on any atom is -0.333 e. The van der Waals surface area contributed by atoms with E-state index in [9.17, 15) is 4.79 Å². The van der Waals surface area contributed by atoms with Crippen molar-refractivity contribution in [3.8, 4) is 0 Å². The minimum atomic E-state index is 0.180. The van der Waals surface area contributed by atoms with Crippen LogP contribution in [0.5, 0.6) is 0 Å². The van der Waals surface area contributed by atoms with Crippen molar-refractivity contribution in [1.82, 2.24) is 10.2 Å². The zero-order chi connectivity index (χ0) is 14.7. The van der Waals surface area contributed by atoms with Gasteiger partial charge in [-0.15, -0.1) is 0 Å². The van der Waals surface area contributed by atoms with Crippen molar-refractivity contribution in [2.45, 2.75) is 51.0 Å². The summed E-state index contributed by atoms with van der Waals surface area (Å²) in [5, 5.41) is 3.33. The van der Waals surface area contributed by atoms with Gasteiger partial charge in [0.1, 0.15) is 0 Å². The van der Waals surface area contributed by atoms with E-state index in [1.54, 1.807) is 0 Å². The Morgan fingerprint density at radius 2 is 1.86 bits per heavy atom. The van der Waals surface area contributed by atoms with E-state index in [0.29, 0.717) is 5.92 Å². The van der Waals surface area contributed by atoms with Gasteiger partial charge in [-0.3, -0.25) is 4.79 Å². The molecule has 1 atom stereocenters. The number of nitrogens with one attached hydrogen (secondary N) is 1. The molecule has 2 aliphatic rings. The fourth-order valence-electron chi connectivity index (χ4n) is 3.64. The number of amides is 1. The molecule has 1 aliphatic carbocycles. The summed E-state index contributed by atoms with van der Waals surface area (Å²) in [7, 11) is 0. The number of hydrogen-bond acceptors (Lipinski definition) is 2. The van der Waals surface area contributed by atoms with E-state index in [4.69, 9.17) is 0 Å². The predicted octanol–water partition coefficient (Wildman–Crippen LogP) is 3.17. The fourth-order valence-corrected chi connectivity index (χ4v) is 3.64. The quantitative estimate of drug-likeness (QED) is 0.905. The number of carbonyl (C=O) groups excluding carboxylic acids is 1. The molecular weight excluding hydrogens is 260 g/mol. The SMILES string of the molecule is CC1CNCCN1C(=O)c1ccc(C2CCCCC2)cc1. The Hall–Kier alpha value is -1.35. The van der Waals surface area contributed by atoms with Gasteiger partial charge < -0.3 is 10.2 Å². The Morgan fingerprint density at radius 1 is 1.14 bits per heavy atom. The molecule has 1 heterocycles. The Bertz CT molecular complexity index is 476. The van der Waals surface area contributed by atoms with E-state index < -0.39 is 0 Å². The van der Waals surface area contributed by atoms with E-state index in [0.717, 1.165) is 25.2 Å². The molecular formula is C18H26N2O. The van der Waals surface area contributed by atoms with Crippen molar-refractivity contribution in [3.05, 3.63) is 35.4 Å². The van der Waals surface area contributed by atoms with Crippen molar-refractivity contribution >= 4 is 5.91 Å². The molecule has 3 nitrogen and oxygen atoms in total. The van der Waals surface area contributed by atoms with Gasteiger partial charge in [-0.25, -0.2) is 0 Å². The normalized spacial score (nSPS) is 24.0. The predicted molar refractivity (Wildman–Crippen MR) is 85.6 cm³/mol. The maximum absolute atomic E-state index is 12.6. The highest BCUT2D eigenvalue weighted by molar-refractivity contribution is 5.94. The highest BCUT2D eigenvalue weighted by atomic mass is 16.2. The van der Waals surface area contributed by atoms with E-state index in [1.165, 1.54) is 37.7 Å². The standard InChI is InChI=1S/C18H26N2O/c1-14-13-19-11-12-20(14)18(21)17-9-7-16(8-10-17)15-5-3-2-4-6-15/h7-10,14-15,19H,2-6,11-13H2,1H3.